The molecule has 7 heteroatoms. The fourth-order valence-corrected chi connectivity index (χ4v) is 4.75. The topological polar surface area (TPSA) is 55.5 Å². The lowest BCUT2D eigenvalue weighted by Crippen LogP contribution is -2.43. The highest BCUT2D eigenvalue weighted by atomic mass is 32.1. The zero-order valence-corrected chi connectivity index (χ0v) is 14.8. The molecule has 2 aliphatic heterocycles. The van der Waals surface area contributed by atoms with Crippen LogP contribution in [0.15, 0.2) is 0 Å². The molecule has 0 N–H and O–H groups in total. The molecular weight excluding hydrogens is 310 g/mol. The van der Waals surface area contributed by atoms with Crippen LogP contribution in [0.5, 0.6) is 0 Å². The summed E-state index contributed by atoms with van der Waals surface area (Å²) in [7, 11) is 0. The number of fused-ring (bicyclic) bond motifs is 1. The summed E-state index contributed by atoms with van der Waals surface area (Å²) in [6, 6.07) is 0.732. The number of aromatic nitrogens is 4. The first-order valence-corrected chi connectivity index (χ1v) is 9.58. The Labute approximate surface area is 140 Å². The monoisotopic (exact) mass is 335 g/mol. The van der Waals surface area contributed by atoms with Gasteiger partial charge in [0.15, 0.2) is 5.82 Å². The lowest BCUT2D eigenvalue weighted by Gasteiger charge is -2.38. The molecule has 0 amide bonds. The van der Waals surface area contributed by atoms with Crippen LogP contribution in [0.3, 0.4) is 0 Å². The van der Waals surface area contributed by atoms with Gasteiger partial charge in [0, 0.05) is 31.1 Å². The van der Waals surface area contributed by atoms with Crippen LogP contribution in [0.1, 0.15) is 62.2 Å². The average molecular weight is 335 g/mol. The van der Waals surface area contributed by atoms with Gasteiger partial charge in [0.2, 0.25) is 4.96 Å². The van der Waals surface area contributed by atoms with Crippen molar-refractivity contribution in [1.82, 2.24) is 24.7 Å². The Kier molecular flexibility index (Phi) is 4.34. The maximum Gasteiger partial charge on any atom is 0.234 e. The van der Waals surface area contributed by atoms with Gasteiger partial charge in [-0.2, -0.15) is 9.61 Å². The molecule has 0 radical (unpaired) electrons. The van der Waals surface area contributed by atoms with Gasteiger partial charge in [-0.15, -0.1) is 10.2 Å². The van der Waals surface area contributed by atoms with E-state index in [4.69, 9.17) is 9.84 Å². The van der Waals surface area contributed by atoms with Crippen LogP contribution in [0.2, 0.25) is 0 Å². The molecule has 0 bridgehead atoms. The molecule has 2 aromatic heterocycles. The number of hydrogen-bond donors (Lipinski definition) is 0. The Morgan fingerprint density at radius 3 is 2.52 bits per heavy atom. The van der Waals surface area contributed by atoms with E-state index < -0.39 is 0 Å². The Bertz CT molecular complexity index is 653. The minimum atomic E-state index is 0.357. The fourth-order valence-electron chi connectivity index (χ4n) is 3.73. The molecular formula is C16H25N5OS. The van der Waals surface area contributed by atoms with E-state index in [1.165, 1.54) is 43.8 Å². The van der Waals surface area contributed by atoms with Crippen LogP contribution in [0.4, 0.5) is 0 Å². The predicted octanol–water partition coefficient (Wildman–Crippen LogP) is 2.67. The Balaban J connectivity index is 1.43. The molecule has 0 atom stereocenters. The van der Waals surface area contributed by atoms with E-state index in [1.807, 2.05) is 4.52 Å². The van der Waals surface area contributed by atoms with E-state index in [-0.39, 0.29) is 0 Å². The first kappa shape index (κ1) is 15.5. The molecule has 0 aromatic carbocycles. The minimum Gasteiger partial charge on any atom is -0.381 e. The molecule has 0 unspecified atom stereocenters. The Morgan fingerprint density at radius 1 is 1.09 bits per heavy atom. The zero-order valence-electron chi connectivity index (χ0n) is 13.9. The van der Waals surface area contributed by atoms with Crippen molar-refractivity contribution in [3.8, 4) is 0 Å². The van der Waals surface area contributed by atoms with Gasteiger partial charge in [-0.05, 0) is 38.8 Å². The zero-order chi connectivity index (χ0) is 15.8. The minimum absolute atomic E-state index is 0.357. The molecule has 2 fully saturated rings. The molecule has 2 aromatic rings. The van der Waals surface area contributed by atoms with Crippen LogP contribution in [-0.2, 0) is 4.74 Å². The Morgan fingerprint density at radius 2 is 1.83 bits per heavy atom. The van der Waals surface area contributed by atoms with Gasteiger partial charge in [-0.3, -0.25) is 0 Å². The summed E-state index contributed by atoms with van der Waals surface area (Å²) in [5.41, 5.74) is 0. The van der Waals surface area contributed by atoms with Gasteiger partial charge >= 0.3 is 0 Å². The quantitative estimate of drug-likeness (QED) is 0.863. The highest BCUT2D eigenvalue weighted by Gasteiger charge is 2.29. The van der Waals surface area contributed by atoms with Crippen molar-refractivity contribution in [2.24, 2.45) is 0 Å². The average Bonchev–Trinajstić information content (AvgIpc) is 3.16. The molecule has 2 saturated heterocycles. The summed E-state index contributed by atoms with van der Waals surface area (Å²) >= 11 is 1.72. The van der Waals surface area contributed by atoms with Crippen LogP contribution in [-0.4, -0.2) is 57.1 Å². The van der Waals surface area contributed by atoms with E-state index >= 15 is 0 Å². The number of ether oxygens (including phenoxy) is 1. The van der Waals surface area contributed by atoms with E-state index in [1.54, 1.807) is 11.3 Å². The summed E-state index contributed by atoms with van der Waals surface area (Å²) in [5.74, 6) is 1.91. The Hall–Kier alpha value is -1.05. The number of piperidine rings is 1. The smallest absolute Gasteiger partial charge is 0.234 e. The first-order valence-electron chi connectivity index (χ1n) is 8.76. The summed E-state index contributed by atoms with van der Waals surface area (Å²) in [6.45, 7) is 8.52. The predicted molar refractivity (Wildman–Crippen MR) is 90.1 cm³/mol. The molecule has 0 spiro atoms. The lowest BCUT2D eigenvalue weighted by molar-refractivity contribution is 0.0251. The van der Waals surface area contributed by atoms with Gasteiger partial charge in [-0.1, -0.05) is 25.2 Å². The highest BCUT2D eigenvalue weighted by Crippen LogP contribution is 2.33. The molecule has 23 heavy (non-hydrogen) atoms. The van der Waals surface area contributed by atoms with Crippen LogP contribution < -0.4 is 0 Å². The van der Waals surface area contributed by atoms with Gasteiger partial charge in [0.05, 0.1) is 0 Å². The first-order chi connectivity index (χ1) is 11.2. The largest absolute Gasteiger partial charge is 0.381 e. The van der Waals surface area contributed by atoms with Crippen molar-refractivity contribution in [3.63, 3.8) is 0 Å². The maximum absolute atomic E-state index is 5.49. The van der Waals surface area contributed by atoms with Crippen molar-refractivity contribution < 1.29 is 4.74 Å². The van der Waals surface area contributed by atoms with Gasteiger partial charge in [0.1, 0.15) is 5.01 Å². The van der Waals surface area contributed by atoms with E-state index in [0.717, 1.165) is 30.0 Å². The highest BCUT2D eigenvalue weighted by molar-refractivity contribution is 7.16. The van der Waals surface area contributed by atoms with Crippen molar-refractivity contribution in [2.75, 3.05) is 26.3 Å². The molecule has 0 aliphatic carbocycles. The number of likely N-dealkylation sites (tertiary alicyclic amines) is 1. The lowest BCUT2D eigenvalue weighted by atomic mass is 9.95. The second-order valence-electron chi connectivity index (χ2n) is 7.00. The van der Waals surface area contributed by atoms with Crippen molar-refractivity contribution >= 4 is 16.3 Å². The summed E-state index contributed by atoms with van der Waals surface area (Å²) < 4.78 is 7.44. The normalized spacial score (nSPS) is 22.4. The molecule has 2 aliphatic rings. The number of rotatable bonds is 3. The second kappa shape index (κ2) is 6.45. The van der Waals surface area contributed by atoms with Crippen LogP contribution in [0.25, 0.3) is 4.96 Å². The maximum atomic E-state index is 5.49. The van der Waals surface area contributed by atoms with E-state index in [0.29, 0.717) is 11.8 Å². The standard InChI is InChI=1S/C16H25N5OS/c1-11(2)14-17-18-16-21(14)19-15(23-16)12-3-7-20(8-4-12)13-5-9-22-10-6-13/h11-13H,3-10H2,1-2H3. The van der Waals surface area contributed by atoms with E-state index in [9.17, 15) is 0 Å². The summed E-state index contributed by atoms with van der Waals surface area (Å²) in [4.78, 5) is 3.61. The van der Waals surface area contributed by atoms with Crippen LogP contribution >= 0.6 is 11.3 Å². The van der Waals surface area contributed by atoms with Gasteiger partial charge < -0.3 is 9.64 Å². The van der Waals surface area contributed by atoms with E-state index in [2.05, 4.69) is 28.9 Å². The fraction of sp³-hybridized carbons (Fsp3) is 0.812. The van der Waals surface area contributed by atoms with Gasteiger partial charge in [0.25, 0.3) is 0 Å². The SMILES string of the molecule is CC(C)c1nnc2sc(C3CCN(C4CCOCC4)CC3)nn12. The summed E-state index contributed by atoms with van der Waals surface area (Å²) in [5, 5.41) is 14.6. The molecule has 4 rings (SSSR count). The molecule has 4 heterocycles. The third-order valence-electron chi connectivity index (χ3n) is 5.13. The van der Waals surface area contributed by atoms with Crippen LogP contribution in [0, 0.1) is 0 Å². The molecule has 126 valence electrons. The second-order valence-corrected chi connectivity index (χ2v) is 7.99. The molecule has 0 saturated carbocycles. The van der Waals surface area contributed by atoms with Gasteiger partial charge in [-0.25, -0.2) is 0 Å². The van der Waals surface area contributed by atoms with Crippen molar-refractivity contribution in [2.45, 2.75) is 57.4 Å². The third kappa shape index (κ3) is 3.02. The molecule has 6 nitrogen and oxygen atoms in total. The number of hydrogen-bond acceptors (Lipinski definition) is 6. The third-order valence-corrected chi connectivity index (χ3v) is 6.19. The number of nitrogens with zero attached hydrogens (tertiary/aromatic N) is 5. The van der Waals surface area contributed by atoms with Crippen molar-refractivity contribution in [1.29, 1.82) is 0 Å². The van der Waals surface area contributed by atoms with Crippen molar-refractivity contribution in [3.05, 3.63) is 10.8 Å². The summed E-state index contributed by atoms with van der Waals surface area (Å²) in [6.07, 6.45) is 4.80.